The van der Waals surface area contributed by atoms with Crippen LogP contribution in [0.2, 0.25) is 0 Å². The molecule has 26 heavy (non-hydrogen) atoms. The molecule has 2 N–H and O–H groups in total. The van der Waals surface area contributed by atoms with Gasteiger partial charge in [-0.25, -0.2) is 0 Å². The van der Waals surface area contributed by atoms with Crippen molar-refractivity contribution in [2.75, 3.05) is 24.3 Å². The van der Waals surface area contributed by atoms with Gasteiger partial charge in [0.25, 0.3) is 11.8 Å². The Kier molecular flexibility index (Phi) is 6.89. The van der Waals surface area contributed by atoms with E-state index in [-0.39, 0.29) is 11.9 Å². The SMILES string of the molecule is C[C@H](NC(=O)c1cc(NC(=O)C(Cl)Cl)ccc1N(C)C)c1ccccc1. The van der Waals surface area contributed by atoms with Crippen LogP contribution in [0.25, 0.3) is 0 Å². The number of hydrogen-bond donors (Lipinski definition) is 2. The number of nitrogens with zero attached hydrogens (tertiary/aromatic N) is 1. The van der Waals surface area contributed by atoms with E-state index >= 15 is 0 Å². The fourth-order valence-electron chi connectivity index (χ4n) is 2.48. The quantitative estimate of drug-likeness (QED) is 0.729. The summed E-state index contributed by atoms with van der Waals surface area (Å²) in [7, 11) is 3.69. The Morgan fingerprint density at radius 3 is 2.27 bits per heavy atom. The molecule has 0 aliphatic heterocycles. The Morgan fingerprint density at radius 1 is 1.04 bits per heavy atom. The average Bonchev–Trinajstić information content (AvgIpc) is 2.61. The third-order valence-corrected chi connectivity index (χ3v) is 4.23. The van der Waals surface area contributed by atoms with Crippen molar-refractivity contribution in [3.05, 3.63) is 59.7 Å². The zero-order valence-electron chi connectivity index (χ0n) is 14.8. The lowest BCUT2D eigenvalue weighted by atomic mass is 10.1. The lowest BCUT2D eigenvalue weighted by Crippen LogP contribution is -2.28. The molecule has 0 unspecified atom stereocenters. The highest BCUT2D eigenvalue weighted by atomic mass is 35.5. The first-order valence-electron chi connectivity index (χ1n) is 8.05. The molecule has 2 rings (SSSR count). The largest absolute Gasteiger partial charge is 0.377 e. The van der Waals surface area contributed by atoms with Crippen molar-refractivity contribution >= 4 is 46.4 Å². The first-order chi connectivity index (χ1) is 12.3. The Hall–Kier alpha value is -2.24. The lowest BCUT2D eigenvalue weighted by Gasteiger charge is -2.20. The minimum Gasteiger partial charge on any atom is -0.377 e. The monoisotopic (exact) mass is 393 g/mol. The van der Waals surface area contributed by atoms with Crippen molar-refractivity contribution in [1.29, 1.82) is 0 Å². The average molecular weight is 394 g/mol. The zero-order valence-corrected chi connectivity index (χ0v) is 16.3. The highest BCUT2D eigenvalue weighted by Gasteiger charge is 2.18. The van der Waals surface area contributed by atoms with Crippen LogP contribution in [0.15, 0.2) is 48.5 Å². The van der Waals surface area contributed by atoms with Crippen molar-refractivity contribution in [2.24, 2.45) is 0 Å². The van der Waals surface area contributed by atoms with E-state index < -0.39 is 10.7 Å². The molecule has 0 aromatic heterocycles. The third-order valence-electron chi connectivity index (χ3n) is 3.84. The van der Waals surface area contributed by atoms with Crippen molar-refractivity contribution in [3.63, 3.8) is 0 Å². The predicted molar refractivity (Wildman–Crippen MR) is 107 cm³/mol. The van der Waals surface area contributed by atoms with Crippen LogP contribution in [-0.2, 0) is 4.79 Å². The molecule has 0 aliphatic rings. The fraction of sp³-hybridized carbons (Fsp3) is 0.263. The molecule has 0 bridgehead atoms. The summed E-state index contributed by atoms with van der Waals surface area (Å²) in [6.07, 6.45) is 0. The number of carbonyl (C=O) groups is 2. The second-order valence-electron chi connectivity index (χ2n) is 6.02. The summed E-state index contributed by atoms with van der Waals surface area (Å²) in [5, 5.41) is 5.57. The smallest absolute Gasteiger partial charge is 0.257 e. The van der Waals surface area contributed by atoms with E-state index in [0.29, 0.717) is 11.3 Å². The highest BCUT2D eigenvalue weighted by Crippen LogP contribution is 2.24. The van der Waals surface area contributed by atoms with Crippen LogP contribution in [0.1, 0.15) is 28.9 Å². The summed E-state index contributed by atoms with van der Waals surface area (Å²) >= 11 is 11.1. The highest BCUT2D eigenvalue weighted by molar-refractivity contribution is 6.54. The van der Waals surface area contributed by atoms with E-state index in [9.17, 15) is 9.59 Å². The van der Waals surface area contributed by atoms with E-state index in [1.54, 1.807) is 18.2 Å². The third kappa shape index (κ3) is 5.13. The molecule has 0 aliphatic carbocycles. The molecule has 0 saturated carbocycles. The van der Waals surface area contributed by atoms with Gasteiger partial charge in [-0.2, -0.15) is 0 Å². The van der Waals surface area contributed by atoms with Gasteiger partial charge in [-0.05, 0) is 30.7 Å². The first-order valence-corrected chi connectivity index (χ1v) is 8.93. The summed E-state index contributed by atoms with van der Waals surface area (Å²) < 4.78 is 0. The number of carbonyl (C=O) groups excluding carboxylic acids is 2. The van der Waals surface area contributed by atoms with Crippen LogP contribution in [-0.4, -0.2) is 30.7 Å². The normalized spacial score (nSPS) is 11.8. The summed E-state index contributed by atoms with van der Waals surface area (Å²) in [5.74, 6) is -0.788. The van der Waals surface area contributed by atoms with Crippen LogP contribution >= 0.6 is 23.2 Å². The topological polar surface area (TPSA) is 61.4 Å². The second kappa shape index (κ2) is 8.92. The molecular formula is C19H21Cl2N3O2. The van der Waals surface area contributed by atoms with Gasteiger partial charge in [-0.3, -0.25) is 9.59 Å². The summed E-state index contributed by atoms with van der Waals surface area (Å²) in [6.45, 7) is 1.92. The van der Waals surface area contributed by atoms with Gasteiger partial charge < -0.3 is 15.5 Å². The number of hydrogen-bond acceptors (Lipinski definition) is 3. The van der Waals surface area contributed by atoms with Crippen molar-refractivity contribution < 1.29 is 9.59 Å². The van der Waals surface area contributed by atoms with Gasteiger partial charge in [0.05, 0.1) is 11.6 Å². The number of anilines is 2. The van der Waals surface area contributed by atoms with E-state index in [1.165, 1.54) is 0 Å². The maximum atomic E-state index is 12.8. The second-order valence-corrected chi connectivity index (χ2v) is 7.12. The van der Waals surface area contributed by atoms with Gasteiger partial charge in [0.15, 0.2) is 4.84 Å². The molecule has 2 aromatic carbocycles. The Bertz CT molecular complexity index is 780. The fourth-order valence-corrected chi connectivity index (χ4v) is 2.59. The summed E-state index contributed by atoms with van der Waals surface area (Å²) in [4.78, 5) is 25.2. The molecule has 0 spiro atoms. The Labute approximate surface area is 163 Å². The Balaban J connectivity index is 2.26. The van der Waals surface area contributed by atoms with E-state index in [2.05, 4.69) is 10.6 Å². The predicted octanol–water partition coefficient (Wildman–Crippen LogP) is 3.99. The van der Waals surface area contributed by atoms with Gasteiger partial charge in [0.2, 0.25) is 0 Å². The number of halogens is 2. The molecule has 0 saturated heterocycles. The zero-order chi connectivity index (χ0) is 19.3. The van der Waals surface area contributed by atoms with Gasteiger partial charge in [0, 0.05) is 25.5 Å². The number of nitrogens with one attached hydrogen (secondary N) is 2. The van der Waals surface area contributed by atoms with Crippen LogP contribution in [0, 0.1) is 0 Å². The van der Waals surface area contributed by atoms with Crippen LogP contribution < -0.4 is 15.5 Å². The maximum absolute atomic E-state index is 12.8. The van der Waals surface area contributed by atoms with Crippen LogP contribution in [0.5, 0.6) is 0 Å². The molecule has 0 heterocycles. The van der Waals surface area contributed by atoms with Gasteiger partial charge in [-0.15, -0.1) is 0 Å². The minimum atomic E-state index is -1.18. The maximum Gasteiger partial charge on any atom is 0.257 e. The molecular weight excluding hydrogens is 373 g/mol. The van der Waals surface area contributed by atoms with Crippen molar-refractivity contribution in [2.45, 2.75) is 17.8 Å². The molecule has 0 radical (unpaired) electrons. The molecule has 2 aromatic rings. The minimum absolute atomic E-state index is 0.160. The molecule has 1 atom stereocenters. The van der Waals surface area contributed by atoms with E-state index in [0.717, 1.165) is 11.3 Å². The summed E-state index contributed by atoms with van der Waals surface area (Å²) in [5.41, 5.74) is 2.62. The number of amides is 2. The van der Waals surface area contributed by atoms with E-state index in [1.807, 2.05) is 56.3 Å². The van der Waals surface area contributed by atoms with Gasteiger partial charge in [0.1, 0.15) is 0 Å². The summed E-state index contributed by atoms with van der Waals surface area (Å²) in [6, 6.07) is 14.6. The first kappa shape index (κ1) is 20.1. The number of alkyl halides is 2. The molecule has 7 heteroatoms. The standard InChI is InChI=1S/C19H21Cl2N3O2/c1-12(13-7-5-4-6-8-13)22-18(25)15-11-14(23-19(26)17(20)21)9-10-16(15)24(2)3/h4-12,17H,1-3H3,(H,22,25)(H,23,26)/t12-/m0/s1. The molecule has 5 nitrogen and oxygen atoms in total. The Morgan fingerprint density at radius 2 is 1.69 bits per heavy atom. The van der Waals surface area contributed by atoms with Crippen molar-refractivity contribution in [1.82, 2.24) is 5.32 Å². The van der Waals surface area contributed by atoms with Crippen molar-refractivity contribution in [3.8, 4) is 0 Å². The van der Waals surface area contributed by atoms with Crippen LogP contribution in [0.4, 0.5) is 11.4 Å². The molecule has 2 amide bonds. The lowest BCUT2D eigenvalue weighted by molar-refractivity contribution is -0.114. The molecule has 138 valence electrons. The number of rotatable bonds is 6. The number of benzene rings is 2. The van der Waals surface area contributed by atoms with Crippen LogP contribution in [0.3, 0.4) is 0 Å². The van der Waals surface area contributed by atoms with Gasteiger partial charge in [-0.1, -0.05) is 53.5 Å². The molecule has 0 fully saturated rings. The van der Waals surface area contributed by atoms with E-state index in [4.69, 9.17) is 23.2 Å². The van der Waals surface area contributed by atoms with Gasteiger partial charge >= 0.3 is 0 Å².